The normalized spacial score (nSPS) is 20.1. The number of ether oxygens (including phenoxy) is 4. The van der Waals surface area contributed by atoms with Gasteiger partial charge in [0.25, 0.3) is 0 Å². The molecule has 2 aromatic carbocycles. The molecule has 2 aromatic rings. The van der Waals surface area contributed by atoms with E-state index in [-0.39, 0.29) is 24.6 Å². The average Bonchev–Trinajstić information content (AvgIpc) is 3.21. The Labute approximate surface area is 146 Å². The lowest BCUT2D eigenvalue weighted by molar-refractivity contribution is 0.173. The first-order valence-corrected chi connectivity index (χ1v) is 8.23. The van der Waals surface area contributed by atoms with Gasteiger partial charge in [0, 0.05) is 17.0 Å². The molecule has 2 unspecified atom stereocenters. The summed E-state index contributed by atoms with van der Waals surface area (Å²) in [5, 5.41) is 10.5. The van der Waals surface area contributed by atoms with Crippen LogP contribution in [-0.4, -0.2) is 19.0 Å². The molecule has 2 aliphatic heterocycles. The van der Waals surface area contributed by atoms with E-state index in [1.165, 1.54) is 0 Å². The highest BCUT2D eigenvalue weighted by Gasteiger charge is 2.36. The van der Waals surface area contributed by atoms with Crippen molar-refractivity contribution in [3.8, 4) is 28.7 Å². The minimum Gasteiger partial charge on any atom is -0.504 e. The van der Waals surface area contributed by atoms with E-state index in [0.717, 1.165) is 22.6 Å². The molecular weight excluding hydrogens is 320 g/mol. The van der Waals surface area contributed by atoms with E-state index in [2.05, 4.69) is 13.5 Å². The summed E-state index contributed by atoms with van der Waals surface area (Å²) in [5.41, 5.74) is 2.74. The number of allylic oxidation sites excluding steroid dienone is 1. The Morgan fingerprint density at radius 1 is 1.28 bits per heavy atom. The zero-order valence-electron chi connectivity index (χ0n) is 14.2. The van der Waals surface area contributed by atoms with E-state index in [4.69, 9.17) is 18.9 Å². The number of aromatic hydroxyl groups is 1. The molecule has 0 saturated carbocycles. The molecule has 4 rings (SSSR count). The summed E-state index contributed by atoms with van der Waals surface area (Å²) in [6.07, 6.45) is 2.09. The second kappa shape index (κ2) is 5.92. The number of fused-ring (bicyclic) bond motifs is 2. The van der Waals surface area contributed by atoms with Crippen molar-refractivity contribution in [2.24, 2.45) is 0 Å². The number of hydrogen-bond donors (Lipinski definition) is 1. The predicted octanol–water partition coefficient (Wildman–Crippen LogP) is 4.10. The van der Waals surface area contributed by atoms with Crippen LogP contribution in [0, 0.1) is 0 Å². The third-order valence-corrected chi connectivity index (χ3v) is 4.83. The minimum absolute atomic E-state index is 0.105. The van der Waals surface area contributed by atoms with E-state index in [0.29, 0.717) is 23.5 Å². The van der Waals surface area contributed by atoms with Crippen molar-refractivity contribution in [2.75, 3.05) is 13.9 Å². The van der Waals surface area contributed by atoms with Gasteiger partial charge < -0.3 is 24.1 Å². The number of benzene rings is 2. The largest absolute Gasteiger partial charge is 0.504 e. The van der Waals surface area contributed by atoms with E-state index in [1.807, 2.05) is 24.3 Å². The molecule has 0 bridgehead atoms. The molecular formula is C20H20O5. The number of phenolic OH excluding ortho intramolecular Hbond substituents is 1. The molecule has 0 saturated heterocycles. The molecule has 0 fully saturated rings. The van der Waals surface area contributed by atoms with Gasteiger partial charge in [0.05, 0.1) is 7.11 Å². The van der Waals surface area contributed by atoms with E-state index in [9.17, 15) is 5.11 Å². The van der Waals surface area contributed by atoms with Gasteiger partial charge in [-0.05, 0) is 30.2 Å². The Morgan fingerprint density at radius 3 is 2.84 bits per heavy atom. The van der Waals surface area contributed by atoms with Crippen molar-refractivity contribution in [1.82, 2.24) is 0 Å². The van der Waals surface area contributed by atoms with E-state index < -0.39 is 0 Å². The van der Waals surface area contributed by atoms with Gasteiger partial charge in [0.1, 0.15) is 11.9 Å². The van der Waals surface area contributed by atoms with Crippen LogP contribution >= 0.6 is 0 Å². The van der Waals surface area contributed by atoms with Crippen LogP contribution in [-0.2, 0) is 6.42 Å². The van der Waals surface area contributed by atoms with Crippen LogP contribution in [0.5, 0.6) is 28.7 Å². The van der Waals surface area contributed by atoms with Crippen LogP contribution in [0.3, 0.4) is 0 Å². The zero-order valence-corrected chi connectivity index (χ0v) is 14.2. The first-order valence-electron chi connectivity index (χ1n) is 8.23. The minimum atomic E-state index is -0.167. The Kier molecular flexibility index (Phi) is 3.71. The monoisotopic (exact) mass is 340 g/mol. The van der Waals surface area contributed by atoms with Crippen LogP contribution in [0.4, 0.5) is 0 Å². The maximum atomic E-state index is 10.5. The first-order chi connectivity index (χ1) is 12.1. The third kappa shape index (κ3) is 2.38. The molecule has 0 amide bonds. The lowest BCUT2D eigenvalue weighted by atomic mass is 9.91. The Morgan fingerprint density at radius 2 is 2.08 bits per heavy atom. The van der Waals surface area contributed by atoms with Crippen molar-refractivity contribution in [1.29, 1.82) is 0 Å². The molecule has 5 nitrogen and oxygen atoms in total. The Hall–Kier alpha value is -2.82. The Balaban J connectivity index is 1.77. The van der Waals surface area contributed by atoms with E-state index in [1.54, 1.807) is 13.2 Å². The number of hydrogen-bond acceptors (Lipinski definition) is 5. The molecule has 2 aliphatic rings. The van der Waals surface area contributed by atoms with Crippen molar-refractivity contribution in [3.05, 3.63) is 53.6 Å². The van der Waals surface area contributed by atoms with Gasteiger partial charge >= 0.3 is 0 Å². The highest BCUT2D eigenvalue weighted by Crippen LogP contribution is 2.53. The molecule has 1 N–H and O–H groups in total. The van der Waals surface area contributed by atoms with Gasteiger partial charge in [-0.15, -0.1) is 6.58 Å². The summed E-state index contributed by atoms with van der Waals surface area (Å²) in [5.74, 6) is 2.87. The summed E-state index contributed by atoms with van der Waals surface area (Å²) in [7, 11) is 1.55. The van der Waals surface area contributed by atoms with Gasteiger partial charge in [-0.2, -0.15) is 0 Å². The second-order valence-electron chi connectivity index (χ2n) is 6.26. The summed E-state index contributed by atoms with van der Waals surface area (Å²) < 4.78 is 22.5. The lowest BCUT2D eigenvalue weighted by Crippen LogP contribution is -2.07. The fraction of sp³-hybridized carbons (Fsp3) is 0.300. The SMILES string of the molecule is C=CCc1c(O)c(OC)cc2c1OC(c1ccc3c(c1)OCO3)C2C. The number of methoxy groups -OCH3 is 1. The fourth-order valence-corrected chi connectivity index (χ4v) is 3.51. The van der Waals surface area contributed by atoms with Crippen LogP contribution in [0.15, 0.2) is 36.9 Å². The van der Waals surface area contributed by atoms with Crippen LogP contribution in [0.25, 0.3) is 0 Å². The molecule has 130 valence electrons. The standard InChI is InChI=1S/C20H20O5/c1-4-5-13-18(21)17(22-3)9-14-11(2)19(25-20(13)14)12-6-7-15-16(8-12)24-10-23-15/h4,6-9,11,19,21H,1,5,10H2,2-3H3. The smallest absolute Gasteiger partial charge is 0.231 e. The van der Waals surface area contributed by atoms with Crippen molar-refractivity contribution in [3.63, 3.8) is 0 Å². The predicted molar refractivity (Wildman–Crippen MR) is 92.9 cm³/mol. The van der Waals surface area contributed by atoms with Crippen molar-refractivity contribution < 1.29 is 24.1 Å². The maximum Gasteiger partial charge on any atom is 0.231 e. The third-order valence-electron chi connectivity index (χ3n) is 4.83. The van der Waals surface area contributed by atoms with Gasteiger partial charge in [-0.3, -0.25) is 0 Å². The number of phenols is 1. The second-order valence-corrected chi connectivity index (χ2v) is 6.26. The molecule has 0 radical (unpaired) electrons. The summed E-state index contributed by atoms with van der Waals surface area (Å²) >= 11 is 0. The van der Waals surface area contributed by atoms with Gasteiger partial charge in [0.15, 0.2) is 23.0 Å². The quantitative estimate of drug-likeness (QED) is 0.850. The zero-order chi connectivity index (χ0) is 17.6. The highest BCUT2D eigenvalue weighted by atomic mass is 16.7. The van der Waals surface area contributed by atoms with Gasteiger partial charge in [-0.1, -0.05) is 19.1 Å². The fourth-order valence-electron chi connectivity index (χ4n) is 3.51. The topological polar surface area (TPSA) is 57.2 Å². The molecule has 0 aromatic heterocycles. The van der Waals surface area contributed by atoms with E-state index >= 15 is 0 Å². The highest BCUT2D eigenvalue weighted by molar-refractivity contribution is 5.61. The summed E-state index contributed by atoms with van der Waals surface area (Å²) in [6, 6.07) is 7.71. The molecule has 2 atom stereocenters. The van der Waals surface area contributed by atoms with Crippen LogP contribution < -0.4 is 18.9 Å². The summed E-state index contributed by atoms with van der Waals surface area (Å²) in [4.78, 5) is 0. The maximum absolute atomic E-state index is 10.5. The average molecular weight is 340 g/mol. The molecule has 0 spiro atoms. The first kappa shape index (κ1) is 15.7. The molecule has 2 heterocycles. The lowest BCUT2D eigenvalue weighted by Gasteiger charge is -2.16. The molecule has 0 aliphatic carbocycles. The van der Waals surface area contributed by atoms with Crippen molar-refractivity contribution in [2.45, 2.75) is 25.4 Å². The van der Waals surface area contributed by atoms with Crippen LogP contribution in [0.2, 0.25) is 0 Å². The molecule has 5 heteroatoms. The Bertz CT molecular complexity index is 842. The summed E-state index contributed by atoms with van der Waals surface area (Å²) in [6.45, 7) is 6.13. The van der Waals surface area contributed by atoms with Gasteiger partial charge in [0.2, 0.25) is 6.79 Å². The van der Waals surface area contributed by atoms with Crippen molar-refractivity contribution >= 4 is 0 Å². The van der Waals surface area contributed by atoms with Gasteiger partial charge in [-0.25, -0.2) is 0 Å². The molecule has 25 heavy (non-hydrogen) atoms. The van der Waals surface area contributed by atoms with Crippen LogP contribution in [0.1, 0.15) is 35.6 Å². The number of rotatable bonds is 4.